The molecule has 0 amide bonds. The first-order valence-corrected chi connectivity index (χ1v) is 5.90. The molecule has 0 fully saturated rings. The molecule has 1 heterocycles. The highest BCUT2D eigenvalue weighted by atomic mass is 32.2. The van der Waals surface area contributed by atoms with Crippen molar-refractivity contribution in [2.24, 2.45) is 0 Å². The standard InChI is InChI=1S/C9H14N2O2S/c1-7(2)14(12,13)11-9-4-5-10-6-8(9)3/h4-7H,1-3H3,(H,10,11). The fraction of sp³-hybridized carbons (Fsp3) is 0.444. The number of nitrogens with one attached hydrogen (secondary N) is 1. The molecular weight excluding hydrogens is 200 g/mol. The maximum absolute atomic E-state index is 11.5. The highest BCUT2D eigenvalue weighted by Crippen LogP contribution is 2.15. The van der Waals surface area contributed by atoms with Crippen molar-refractivity contribution in [3.63, 3.8) is 0 Å². The molecule has 1 rings (SSSR count). The lowest BCUT2D eigenvalue weighted by Crippen LogP contribution is -2.22. The number of hydrogen-bond acceptors (Lipinski definition) is 3. The van der Waals surface area contributed by atoms with E-state index in [1.807, 2.05) is 6.92 Å². The Morgan fingerprint density at radius 3 is 2.57 bits per heavy atom. The van der Waals surface area contributed by atoms with Gasteiger partial charge in [0.15, 0.2) is 0 Å². The molecule has 1 N–H and O–H groups in total. The van der Waals surface area contributed by atoms with Gasteiger partial charge in [-0.1, -0.05) is 0 Å². The lowest BCUT2D eigenvalue weighted by Gasteiger charge is -2.11. The van der Waals surface area contributed by atoms with Crippen molar-refractivity contribution >= 4 is 15.7 Å². The van der Waals surface area contributed by atoms with Gasteiger partial charge in [0.2, 0.25) is 10.0 Å². The number of nitrogens with zero attached hydrogens (tertiary/aromatic N) is 1. The van der Waals surface area contributed by atoms with E-state index in [0.29, 0.717) is 5.69 Å². The molecule has 0 aliphatic rings. The van der Waals surface area contributed by atoms with Crippen molar-refractivity contribution < 1.29 is 8.42 Å². The van der Waals surface area contributed by atoms with Crippen LogP contribution in [0.2, 0.25) is 0 Å². The quantitative estimate of drug-likeness (QED) is 0.830. The van der Waals surface area contributed by atoms with E-state index in [1.165, 1.54) is 0 Å². The SMILES string of the molecule is Cc1cnccc1NS(=O)(=O)C(C)C. The molecule has 0 aliphatic carbocycles. The zero-order chi connectivity index (χ0) is 10.8. The molecule has 0 aromatic carbocycles. The van der Waals surface area contributed by atoms with Crippen molar-refractivity contribution in [2.75, 3.05) is 4.72 Å². The van der Waals surface area contributed by atoms with Crippen LogP contribution >= 0.6 is 0 Å². The highest BCUT2D eigenvalue weighted by molar-refractivity contribution is 7.93. The summed E-state index contributed by atoms with van der Waals surface area (Å²) in [6, 6.07) is 1.65. The first-order chi connectivity index (χ1) is 6.43. The van der Waals surface area contributed by atoms with Crippen LogP contribution in [0, 0.1) is 6.92 Å². The molecule has 0 atom stereocenters. The highest BCUT2D eigenvalue weighted by Gasteiger charge is 2.15. The van der Waals surface area contributed by atoms with Gasteiger partial charge in [0.1, 0.15) is 0 Å². The lowest BCUT2D eigenvalue weighted by atomic mass is 10.3. The van der Waals surface area contributed by atoms with Crippen LogP contribution < -0.4 is 4.72 Å². The number of anilines is 1. The summed E-state index contributed by atoms with van der Waals surface area (Å²) in [5, 5.41) is -0.435. The maximum Gasteiger partial charge on any atom is 0.235 e. The normalized spacial score (nSPS) is 11.7. The number of aromatic nitrogens is 1. The molecule has 0 bridgehead atoms. The van der Waals surface area contributed by atoms with Crippen LogP contribution in [-0.2, 0) is 10.0 Å². The molecule has 0 spiro atoms. The summed E-state index contributed by atoms with van der Waals surface area (Å²) in [5.41, 5.74) is 1.41. The third-order valence-electron chi connectivity index (χ3n) is 1.89. The third-order valence-corrected chi connectivity index (χ3v) is 3.64. The molecule has 1 aromatic rings. The number of sulfonamides is 1. The molecule has 14 heavy (non-hydrogen) atoms. The molecule has 0 radical (unpaired) electrons. The molecule has 0 saturated carbocycles. The van der Waals surface area contributed by atoms with Gasteiger partial charge in [-0.3, -0.25) is 9.71 Å². The largest absolute Gasteiger partial charge is 0.283 e. The maximum atomic E-state index is 11.5. The minimum atomic E-state index is -3.25. The lowest BCUT2D eigenvalue weighted by molar-refractivity contribution is 0.592. The number of hydrogen-bond donors (Lipinski definition) is 1. The molecule has 0 aliphatic heterocycles. The Balaban J connectivity index is 2.96. The summed E-state index contributed by atoms with van der Waals surface area (Å²) in [6.45, 7) is 5.09. The van der Waals surface area contributed by atoms with E-state index < -0.39 is 15.3 Å². The van der Waals surface area contributed by atoms with Crippen LogP contribution in [0.1, 0.15) is 19.4 Å². The zero-order valence-corrected chi connectivity index (χ0v) is 9.30. The number of aryl methyl sites for hydroxylation is 1. The fourth-order valence-corrected chi connectivity index (χ4v) is 1.63. The monoisotopic (exact) mass is 214 g/mol. The Labute approximate surface area is 84.4 Å². The Morgan fingerprint density at radius 2 is 2.07 bits per heavy atom. The first kappa shape index (κ1) is 11.0. The van der Waals surface area contributed by atoms with Crippen LogP contribution in [0.4, 0.5) is 5.69 Å². The summed E-state index contributed by atoms with van der Waals surface area (Å²) in [5.74, 6) is 0. The molecular formula is C9H14N2O2S. The summed E-state index contributed by atoms with van der Waals surface area (Å²) >= 11 is 0. The van der Waals surface area contributed by atoms with E-state index in [4.69, 9.17) is 0 Å². The van der Waals surface area contributed by atoms with E-state index in [2.05, 4.69) is 9.71 Å². The molecule has 78 valence electrons. The van der Waals surface area contributed by atoms with Crippen LogP contribution in [0.25, 0.3) is 0 Å². The van der Waals surface area contributed by atoms with Gasteiger partial charge in [-0.25, -0.2) is 8.42 Å². The zero-order valence-electron chi connectivity index (χ0n) is 8.48. The smallest absolute Gasteiger partial charge is 0.235 e. The van der Waals surface area contributed by atoms with Gasteiger partial charge in [0.05, 0.1) is 10.9 Å². The minimum Gasteiger partial charge on any atom is -0.283 e. The van der Waals surface area contributed by atoms with Crippen LogP contribution in [-0.4, -0.2) is 18.7 Å². The minimum absolute atomic E-state index is 0.435. The summed E-state index contributed by atoms with van der Waals surface area (Å²) in [7, 11) is -3.25. The van der Waals surface area contributed by atoms with Crippen molar-refractivity contribution in [3.8, 4) is 0 Å². The Morgan fingerprint density at radius 1 is 1.43 bits per heavy atom. The van der Waals surface area contributed by atoms with E-state index in [0.717, 1.165) is 5.56 Å². The fourth-order valence-electron chi connectivity index (χ4n) is 0.859. The average Bonchev–Trinajstić information content (AvgIpc) is 2.08. The van der Waals surface area contributed by atoms with Gasteiger partial charge in [0, 0.05) is 12.4 Å². The number of pyridine rings is 1. The van der Waals surface area contributed by atoms with Gasteiger partial charge in [0.25, 0.3) is 0 Å². The van der Waals surface area contributed by atoms with Crippen molar-refractivity contribution in [1.29, 1.82) is 0 Å². The van der Waals surface area contributed by atoms with Gasteiger partial charge < -0.3 is 0 Å². The van der Waals surface area contributed by atoms with E-state index in [9.17, 15) is 8.42 Å². The van der Waals surface area contributed by atoms with E-state index in [1.54, 1.807) is 32.3 Å². The number of rotatable bonds is 3. The van der Waals surface area contributed by atoms with Crippen LogP contribution in [0.15, 0.2) is 18.5 Å². The Kier molecular flexibility index (Phi) is 3.10. The molecule has 5 heteroatoms. The first-order valence-electron chi connectivity index (χ1n) is 4.35. The predicted octanol–water partition coefficient (Wildman–Crippen LogP) is 1.54. The Hall–Kier alpha value is -1.10. The second kappa shape index (κ2) is 3.96. The van der Waals surface area contributed by atoms with Gasteiger partial charge in [-0.15, -0.1) is 0 Å². The molecule has 1 aromatic heterocycles. The second-order valence-electron chi connectivity index (χ2n) is 3.39. The van der Waals surface area contributed by atoms with Crippen molar-refractivity contribution in [3.05, 3.63) is 24.0 Å². The van der Waals surface area contributed by atoms with Gasteiger partial charge in [-0.05, 0) is 32.4 Å². The molecule has 0 unspecified atom stereocenters. The predicted molar refractivity (Wildman–Crippen MR) is 56.7 cm³/mol. The van der Waals surface area contributed by atoms with Crippen LogP contribution in [0.3, 0.4) is 0 Å². The summed E-state index contributed by atoms with van der Waals surface area (Å²) < 4.78 is 25.6. The molecule has 0 saturated heterocycles. The van der Waals surface area contributed by atoms with Gasteiger partial charge in [-0.2, -0.15) is 0 Å². The third kappa shape index (κ3) is 2.45. The topological polar surface area (TPSA) is 59.1 Å². The van der Waals surface area contributed by atoms with Crippen LogP contribution in [0.5, 0.6) is 0 Å². The molecule has 4 nitrogen and oxygen atoms in total. The average molecular weight is 214 g/mol. The van der Waals surface area contributed by atoms with E-state index in [-0.39, 0.29) is 0 Å². The summed E-state index contributed by atoms with van der Waals surface area (Å²) in [4.78, 5) is 3.88. The second-order valence-corrected chi connectivity index (χ2v) is 5.62. The van der Waals surface area contributed by atoms with Gasteiger partial charge >= 0.3 is 0 Å². The van der Waals surface area contributed by atoms with Crippen molar-refractivity contribution in [1.82, 2.24) is 4.98 Å². The summed E-state index contributed by atoms with van der Waals surface area (Å²) in [6.07, 6.45) is 3.18. The van der Waals surface area contributed by atoms with Crippen molar-refractivity contribution in [2.45, 2.75) is 26.0 Å². The Bertz CT molecular complexity index is 413. The van der Waals surface area contributed by atoms with E-state index >= 15 is 0 Å².